The molecule has 0 amide bonds. The third-order valence-corrected chi connectivity index (χ3v) is 3.30. The van der Waals surface area contributed by atoms with Crippen molar-refractivity contribution in [2.75, 3.05) is 0 Å². The summed E-state index contributed by atoms with van der Waals surface area (Å²) < 4.78 is 0. The van der Waals surface area contributed by atoms with Crippen LogP contribution in [0.2, 0.25) is 0 Å². The van der Waals surface area contributed by atoms with E-state index >= 15 is 0 Å². The molecule has 0 spiro atoms. The first-order chi connectivity index (χ1) is 9.90. The van der Waals surface area contributed by atoms with E-state index in [1.54, 1.807) is 6.20 Å². The summed E-state index contributed by atoms with van der Waals surface area (Å²) in [7, 11) is 0. The van der Waals surface area contributed by atoms with Crippen LogP contribution in [0.15, 0.2) is 66.9 Å². The van der Waals surface area contributed by atoms with Crippen molar-refractivity contribution in [3.8, 4) is 11.4 Å². The summed E-state index contributed by atoms with van der Waals surface area (Å²) in [5.41, 5.74) is 4.54. The molecular formula is C17H11N3. The van der Waals surface area contributed by atoms with Crippen LogP contribution in [0, 0.1) is 0 Å². The molecule has 3 heterocycles. The lowest BCUT2D eigenvalue weighted by molar-refractivity contribution is 1.27. The number of nitrogens with zero attached hydrogens (tertiary/aromatic N) is 3. The molecule has 0 radical (unpaired) electrons. The summed E-state index contributed by atoms with van der Waals surface area (Å²) in [6.45, 7) is 0. The molecule has 3 aromatic heterocycles. The van der Waals surface area contributed by atoms with Gasteiger partial charge in [0.2, 0.25) is 0 Å². The summed E-state index contributed by atoms with van der Waals surface area (Å²) in [5.74, 6) is 0. The van der Waals surface area contributed by atoms with Crippen molar-refractivity contribution in [1.29, 1.82) is 0 Å². The summed E-state index contributed by atoms with van der Waals surface area (Å²) >= 11 is 0. The molecule has 4 aromatic rings. The molecule has 20 heavy (non-hydrogen) atoms. The van der Waals surface area contributed by atoms with Crippen LogP contribution in [-0.4, -0.2) is 15.0 Å². The third-order valence-electron chi connectivity index (χ3n) is 3.30. The predicted octanol–water partition coefficient (Wildman–Crippen LogP) is 3.85. The Kier molecular flexibility index (Phi) is 2.42. The molecule has 94 valence electrons. The van der Waals surface area contributed by atoms with Gasteiger partial charge in [0, 0.05) is 11.6 Å². The van der Waals surface area contributed by atoms with Crippen molar-refractivity contribution in [2.45, 2.75) is 0 Å². The molecule has 0 saturated heterocycles. The lowest BCUT2D eigenvalue weighted by Crippen LogP contribution is -1.90. The average molecular weight is 257 g/mol. The van der Waals surface area contributed by atoms with Gasteiger partial charge in [-0.15, -0.1) is 0 Å². The molecule has 0 bridgehead atoms. The van der Waals surface area contributed by atoms with Crippen molar-refractivity contribution in [2.24, 2.45) is 0 Å². The number of fused-ring (bicyclic) bond motifs is 2. The van der Waals surface area contributed by atoms with Gasteiger partial charge in [-0.3, -0.25) is 4.98 Å². The van der Waals surface area contributed by atoms with E-state index in [9.17, 15) is 0 Å². The van der Waals surface area contributed by atoms with E-state index in [1.807, 2.05) is 48.5 Å². The number of aromatic nitrogens is 3. The SMILES string of the molecule is c1ccc(-c2ccc3nc4ccccc4cc3n2)nc1. The minimum Gasteiger partial charge on any atom is -0.255 e. The van der Waals surface area contributed by atoms with Crippen LogP contribution in [0.3, 0.4) is 0 Å². The Morgan fingerprint density at radius 3 is 2.40 bits per heavy atom. The highest BCUT2D eigenvalue weighted by molar-refractivity contribution is 5.91. The van der Waals surface area contributed by atoms with Gasteiger partial charge in [0.25, 0.3) is 0 Å². The predicted molar refractivity (Wildman–Crippen MR) is 80.3 cm³/mol. The van der Waals surface area contributed by atoms with Crippen LogP contribution in [0.25, 0.3) is 33.3 Å². The zero-order valence-electron chi connectivity index (χ0n) is 10.7. The summed E-state index contributed by atoms with van der Waals surface area (Å²) in [6, 6.07) is 19.9. The second-order valence-electron chi connectivity index (χ2n) is 4.63. The molecule has 0 atom stereocenters. The number of hydrogen-bond acceptors (Lipinski definition) is 3. The molecule has 0 fully saturated rings. The quantitative estimate of drug-likeness (QED) is 0.486. The molecule has 1 aromatic carbocycles. The van der Waals surface area contributed by atoms with E-state index in [2.05, 4.69) is 27.1 Å². The van der Waals surface area contributed by atoms with Gasteiger partial charge in [0.15, 0.2) is 0 Å². The van der Waals surface area contributed by atoms with E-state index in [1.165, 1.54) is 0 Å². The van der Waals surface area contributed by atoms with Gasteiger partial charge >= 0.3 is 0 Å². The van der Waals surface area contributed by atoms with Crippen LogP contribution in [0.5, 0.6) is 0 Å². The number of hydrogen-bond donors (Lipinski definition) is 0. The molecular weight excluding hydrogens is 246 g/mol. The molecule has 0 N–H and O–H groups in total. The Bertz CT molecular complexity index is 901. The van der Waals surface area contributed by atoms with Gasteiger partial charge in [0.1, 0.15) is 0 Å². The van der Waals surface area contributed by atoms with E-state index in [-0.39, 0.29) is 0 Å². The minimum atomic E-state index is 0.871. The normalized spacial score (nSPS) is 11.0. The average Bonchev–Trinajstić information content (AvgIpc) is 2.53. The standard InChI is InChI=1S/C17H11N3/c1-2-6-13-12(5-1)11-17-16(19-13)9-8-15(20-17)14-7-3-4-10-18-14/h1-11H. The van der Waals surface area contributed by atoms with E-state index in [4.69, 9.17) is 0 Å². The Morgan fingerprint density at radius 1 is 0.600 bits per heavy atom. The van der Waals surface area contributed by atoms with Crippen LogP contribution >= 0.6 is 0 Å². The maximum atomic E-state index is 4.67. The molecule has 3 heteroatoms. The highest BCUT2D eigenvalue weighted by Gasteiger charge is 2.04. The maximum absolute atomic E-state index is 4.67. The highest BCUT2D eigenvalue weighted by Crippen LogP contribution is 2.21. The third kappa shape index (κ3) is 1.80. The number of rotatable bonds is 1. The number of pyridine rings is 3. The molecule has 0 aliphatic carbocycles. The minimum absolute atomic E-state index is 0.871. The van der Waals surface area contributed by atoms with Crippen molar-refractivity contribution < 1.29 is 0 Å². The van der Waals surface area contributed by atoms with E-state index in [0.29, 0.717) is 0 Å². The zero-order valence-corrected chi connectivity index (χ0v) is 10.7. The van der Waals surface area contributed by atoms with Gasteiger partial charge in [0.05, 0.1) is 27.9 Å². The highest BCUT2D eigenvalue weighted by atomic mass is 14.8. The van der Waals surface area contributed by atoms with Crippen LogP contribution in [0.1, 0.15) is 0 Å². The lowest BCUT2D eigenvalue weighted by atomic mass is 10.1. The molecule has 0 unspecified atom stereocenters. The molecule has 0 saturated carbocycles. The Morgan fingerprint density at radius 2 is 1.50 bits per heavy atom. The van der Waals surface area contributed by atoms with Crippen LogP contribution < -0.4 is 0 Å². The summed E-state index contributed by atoms with van der Waals surface area (Å²) in [4.78, 5) is 13.6. The Balaban J connectivity index is 1.97. The molecule has 0 aliphatic rings. The fraction of sp³-hybridized carbons (Fsp3) is 0. The van der Waals surface area contributed by atoms with Crippen molar-refractivity contribution in [1.82, 2.24) is 15.0 Å². The second kappa shape index (κ2) is 4.38. The van der Waals surface area contributed by atoms with E-state index in [0.717, 1.165) is 33.3 Å². The Labute approximate surface area is 116 Å². The van der Waals surface area contributed by atoms with Crippen LogP contribution in [0.4, 0.5) is 0 Å². The first-order valence-corrected chi connectivity index (χ1v) is 6.48. The second-order valence-corrected chi connectivity index (χ2v) is 4.63. The number of para-hydroxylation sites is 1. The first kappa shape index (κ1) is 11.1. The Hall–Kier alpha value is -2.81. The fourth-order valence-corrected chi connectivity index (χ4v) is 2.31. The van der Waals surface area contributed by atoms with Gasteiger partial charge in [-0.25, -0.2) is 9.97 Å². The smallest absolute Gasteiger partial charge is 0.0901 e. The molecule has 3 nitrogen and oxygen atoms in total. The van der Waals surface area contributed by atoms with Gasteiger partial charge in [-0.1, -0.05) is 24.3 Å². The lowest BCUT2D eigenvalue weighted by Gasteiger charge is -2.04. The molecule has 0 aliphatic heterocycles. The topological polar surface area (TPSA) is 38.7 Å². The van der Waals surface area contributed by atoms with Gasteiger partial charge in [-0.2, -0.15) is 0 Å². The first-order valence-electron chi connectivity index (χ1n) is 6.48. The summed E-state index contributed by atoms with van der Waals surface area (Å²) in [6.07, 6.45) is 1.78. The molecule has 4 rings (SSSR count). The van der Waals surface area contributed by atoms with Gasteiger partial charge < -0.3 is 0 Å². The van der Waals surface area contributed by atoms with Crippen molar-refractivity contribution >= 4 is 21.9 Å². The summed E-state index contributed by atoms with van der Waals surface area (Å²) in [5, 5.41) is 1.10. The zero-order chi connectivity index (χ0) is 13.4. The maximum Gasteiger partial charge on any atom is 0.0901 e. The van der Waals surface area contributed by atoms with Crippen molar-refractivity contribution in [3.63, 3.8) is 0 Å². The monoisotopic (exact) mass is 257 g/mol. The number of benzene rings is 1. The van der Waals surface area contributed by atoms with Crippen molar-refractivity contribution in [3.05, 3.63) is 66.9 Å². The van der Waals surface area contributed by atoms with Crippen LogP contribution in [-0.2, 0) is 0 Å². The fourth-order valence-electron chi connectivity index (χ4n) is 2.31. The van der Waals surface area contributed by atoms with E-state index < -0.39 is 0 Å². The van der Waals surface area contributed by atoms with Gasteiger partial charge in [-0.05, 0) is 36.4 Å². The largest absolute Gasteiger partial charge is 0.255 e.